The zero-order valence-electron chi connectivity index (χ0n) is 13.7. The zero-order chi connectivity index (χ0) is 17.4. The Morgan fingerprint density at radius 1 is 1.17 bits per heavy atom. The van der Waals surface area contributed by atoms with E-state index >= 15 is 0 Å². The van der Waals surface area contributed by atoms with Crippen molar-refractivity contribution in [3.63, 3.8) is 0 Å². The molecule has 0 radical (unpaired) electrons. The van der Waals surface area contributed by atoms with Gasteiger partial charge in [-0.25, -0.2) is 0 Å². The number of aromatic nitrogens is 1. The molecule has 0 aliphatic carbocycles. The zero-order valence-corrected chi connectivity index (χ0v) is 14.6. The summed E-state index contributed by atoms with van der Waals surface area (Å²) >= 11 is 1.39. The minimum absolute atomic E-state index is 0.0673. The smallest absolute Gasteiger partial charge is 0.315 e. The largest absolute Gasteiger partial charge is 0.468 e. The van der Waals surface area contributed by atoms with Crippen LogP contribution in [0.4, 0.5) is 5.69 Å². The molecule has 2 rings (SSSR count). The molecule has 1 heterocycles. The highest BCUT2D eigenvalue weighted by molar-refractivity contribution is 7.99. The SMILES string of the molecule is COC(=O)CSCCC(=O)Nc1cc(-c2ccncc2)ccc1C. The lowest BCUT2D eigenvalue weighted by Crippen LogP contribution is -2.14. The van der Waals surface area contributed by atoms with Crippen LogP contribution >= 0.6 is 11.8 Å². The molecule has 0 aliphatic heterocycles. The minimum atomic E-state index is -0.277. The van der Waals surface area contributed by atoms with Crippen molar-refractivity contribution in [1.82, 2.24) is 4.98 Å². The van der Waals surface area contributed by atoms with Gasteiger partial charge in [0.05, 0.1) is 12.9 Å². The van der Waals surface area contributed by atoms with E-state index in [2.05, 4.69) is 15.0 Å². The molecule has 1 N–H and O–H groups in total. The Bertz CT molecular complexity index is 705. The second kappa shape index (κ2) is 9.08. The number of ether oxygens (including phenoxy) is 1. The summed E-state index contributed by atoms with van der Waals surface area (Å²) in [5.74, 6) is 0.494. The maximum absolute atomic E-state index is 12.1. The molecule has 2 aromatic rings. The lowest BCUT2D eigenvalue weighted by atomic mass is 10.0. The molecule has 1 aromatic carbocycles. The van der Waals surface area contributed by atoms with Crippen LogP contribution in [0, 0.1) is 6.92 Å². The van der Waals surface area contributed by atoms with E-state index in [0.29, 0.717) is 12.2 Å². The van der Waals surface area contributed by atoms with Crippen molar-refractivity contribution in [2.75, 3.05) is 23.9 Å². The van der Waals surface area contributed by atoms with E-state index in [9.17, 15) is 9.59 Å². The number of benzene rings is 1. The summed E-state index contributed by atoms with van der Waals surface area (Å²) in [5, 5.41) is 2.94. The lowest BCUT2D eigenvalue weighted by molar-refractivity contribution is -0.137. The van der Waals surface area contributed by atoms with Gasteiger partial charge >= 0.3 is 5.97 Å². The topological polar surface area (TPSA) is 68.3 Å². The van der Waals surface area contributed by atoms with Crippen molar-refractivity contribution in [2.24, 2.45) is 0 Å². The summed E-state index contributed by atoms with van der Waals surface area (Å²) in [4.78, 5) is 27.1. The molecule has 0 atom stereocenters. The van der Waals surface area contributed by atoms with E-state index < -0.39 is 0 Å². The quantitative estimate of drug-likeness (QED) is 0.616. The second-order valence-electron chi connectivity index (χ2n) is 5.19. The van der Waals surface area contributed by atoms with Crippen LogP contribution in [0.1, 0.15) is 12.0 Å². The Kier molecular flexibility index (Phi) is 6.81. The number of aryl methyl sites for hydroxylation is 1. The number of amides is 1. The summed E-state index contributed by atoms with van der Waals surface area (Å²) in [6.45, 7) is 1.96. The first-order valence-corrected chi connectivity index (χ1v) is 8.71. The van der Waals surface area contributed by atoms with Crippen molar-refractivity contribution in [3.8, 4) is 11.1 Å². The van der Waals surface area contributed by atoms with Crippen LogP contribution in [-0.2, 0) is 14.3 Å². The monoisotopic (exact) mass is 344 g/mol. The van der Waals surface area contributed by atoms with E-state index in [4.69, 9.17) is 0 Å². The molecule has 5 nitrogen and oxygen atoms in total. The first-order valence-electron chi connectivity index (χ1n) is 7.55. The summed E-state index contributed by atoms with van der Waals surface area (Å²) in [6, 6.07) is 9.83. The first kappa shape index (κ1) is 18.0. The number of thioether (sulfide) groups is 1. The van der Waals surface area contributed by atoms with Gasteiger partial charge < -0.3 is 10.1 Å². The maximum atomic E-state index is 12.1. The molecular weight excluding hydrogens is 324 g/mol. The predicted molar refractivity (Wildman–Crippen MR) is 97.0 cm³/mol. The third-order valence-corrected chi connectivity index (χ3v) is 4.38. The van der Waals surface area contributed by atoms with E-state index in [1.165, 1.54) is 18.9 Å². The number of methoxy groups -OCH3 is 1. The lowest BCUT2D eigenvalue weighted by Gasteiger charge is -2.11. The Labute approximate surface area is 145 Å². The summed E-state index contributed by atoms with van der Waals surface area (Å²) in [5.41, 5.74) is 3.88. The Morgan fingerprint density at radius 3 is 2.62 bits per heavy atom. The van der Waals surface area contributed by atoms with E-state index in [-0.39, 0.29) is 17.6 Å². The molecule has 0 bridgehead atoms. The van der Waals surface area contributed by atoms with Crippen molar-refractivity contribution < 1.29 is 14.3 Å². The number of carbonyl (C=O) groups is 2. The second-order valence-corrected chi connectivity index (χ2v) is 6.30. The fourth-order valence-corrected chi connectivity index (χ4v) is 2.83. The van der Waals surface area contributed by atoms with Crippen LogP contribution in [0.5, 0.6) is 0 Å². The van der Waals surface area contributed by atoms with Gasteiger partial charge in [-0.1, -0.05) is 12.1 Å². The van der Waals surface area contributed by atoms with Crippen LogP contribution in [0.3, 0.4) is 0 Å². The highest BCUT2D eigenvalue weighted by Crippen LogP contribution is 2.25. The molecule has 0 saturated carbocycles. The predicted octanol–water partition coefficient (Wildman–Crippen LogP) is 3.29. The number of nitrogens with one attached hydrogen (secondary N) is 1. The van der Waals surface area contributed by atoms with Gasteiger partial charge in [-0.15, -0.1) is 11.8 Å². The van der Waals surface area contributed by atoms with E-state index in [1.54, 1.807) is 12.4 Å². The summed E-state index contributed by atoms with van der Waals surface area (Å²) in [7, 11) is 1.36. The van der Waals surface area contributed by atoms with Gasteiger partial charge in [-0.3, -0.25) is 14.6 Å². The van der Waals surface area contributed by atoms with Crippen molar-refractivity contribution in [1.29, 1.82) is 0 Å². The summed E-state index contributed by atoms with van der Waals surface area (Å²) < 4.78 is 4.56. The number of anilines is 1. The fourth-order valence-electron chi connectivity index (χ4n) is 2.07. The molecule has 6 heteroatoms. The first-order chi connectivity index (χ1) is 11.6. The fraction of sp³-hybridized carbons (Fsp3) is 0.278. The van der Waals surface area contributed by atoms with Gasteiger partial charge in [0, 0.05) is 30.3 Å². The van der Waals surface area contributed by atoms with Crippen LogP contribution in [-0.4, -0.2) is 35.5 Å². The van der Waals surface area contributed by atoms with Gasteiger partial charge in [0.25, 0.3) is 0 Å². The molecule has 0 aliphatic rings. The van der Waals surface area contributed by atoms with Gasteiger partial charge in [-0.05, 0) is 41.8 Å². The van der Waals surface area contributed by atoms with Crippen molar-refractivity contribution >= 4 is 29.3 Å². The average Bonchev–Trinajstić information content (AvgIpc) is 2.61. The molecule has 0 spiro atoms. The normalized spacial score (nSPS) is 10.2. The number of pyridine rings is 1. The average molecular weight is 344 g/mol. The highest BCUT2D eigenvalue weighted by Gasteiger charge is 2.08. The van der Waals surface area contributed by atoms with Crippen LogP contribution in [0.2, 0.25) is 0 Å². The standard InChI is InChI=1S/C18H20N2O3S/c1-13-3-4-15(14-5-8-19-9-6-14)11-16(13)20-17(21)7-10-24-12-18(22)23-2/h3-6,8-9,11H,7,10,12H2,1-2H3,(H,20,21). The Morgan fingerprint density at radius 2 is 1.92 bits per heavy atom. The third-order valence-electron chi connectivity index (χ3n) is 3.45. The van der Waals surface area contributed by atoms with Gasteiger partial charge in [-0.2, -0.15) is 0 Å². The van der Waals surface area contributed by atoms with Gasteiger partial charge in [0.1, 0.15) is 0 Å². The van der Waals surface area contributed by atoms with E-state index in [1.807, 2.05) is 37.3 Å². The van der Waals surface area contributed by atoms with E-state index in [0.717, 1.165) is 22.4 Å². The number of nitrogens with zero attached hydrogens (tertiary/aromatic N) is 1. The molecule has 0 fully saturated rings. The Hall–Kier alpha value is -2.34. The molecular formula is C18H20N2O3S. The van der Waals surface area contributed by atoms with Crippen LogP contribution in [0.15, 0.2) is 42.7 Å². The Balaban J connectivity index is 1.94. The number of hydrogen-bond acceptors (Lipinski definition) is 5. The van der Waals surface area contributed by atoms with Crippen molar-refractivity contribution in [2.45, 2.75) is 13.3 Å². The third kappa shape index (κ3) is 5.38. The molecule has 1 aromatic heterocycles. The number of esters is 1. The van der Waals surface area contributed by atoms with Gasteiger partial charge in [0.15, 0.2) is 0 Å². The number of hydrogen-bond donors (Lipinski definition) is 1. The minimum Gasteiger partial charge on any atom is -0.468 e. The highest BCUT2D eigenvalue weighted by atomic mass is 32.2. The maximum Gasteiger partial charge on any atom is 0.315 e. The summed E-state index contributed by atoms with van der Waals surface area (Å²) in [6.07, 6.45) is 3.83. The molecule has 0 saturated heterocycles. The number of carbonyl (C=O) groups excluding carboxylic acids is 2. The molecule has 126 valence electrons. The van der Waals surface area contributed by atoms with Gasteiger partial charge in [0.2, 0.25) is 5.91 Å². The molecule has 0 unspecified atom stereocenters. The van der Waals surface area contributed by atoms with Crippen molar-refractivity contribution in [3.05, 3.63) is 48.3 Å². The van der Waals surface area contributed by atoms with Crippen LogP contribution < -0.4 is 5.32 Å². The number of rotatable bonds is 7. The molecule has 1 amide bonds. The van der Waals surface area contributed by atoms with Crippen LogP contribution in [0.25, 0.3) is 11.1 Å². The molecule has 24 heavy (non-hydrogen) atoms.